The maximum atomic E-state index is 12.2. The van der Waals surface area contributed by atoms with Crippen molar-refractivity contribution in [2.45, 2.75) is 13.5 Å². The third kappa shape index (κ3) is 5.06. The highest BCUT2D eigenvalue weighted by Gasteiger charge is 2.16. The highest BCUT2D eigenvalue weighted by molar-refractivity contribution is 7.16. The number of nitrogen functional groups attached to an aromatic ring is 1. The summed E-state index contributed by atoms with van der Waals surface area (Å²) in [5, 5.41) is 5.16. The number of H-pyrrole nitrogens is 1. The zero-order valence-corrected chi connectivity index (χ0v) is 16.1. The fourth-order valence-electron chi connectivity index (χ4n) is 2.39. The van der Waals surface area contributed by atoms with E-state index < -0.39 is 0 Å². The predicted molar refractivity (Wildman–Crippen MR) is 107 cm³/mol. The molecule has 0 atom stereocenters. The van der Waals surface area contributed by atoms with E-state index in [-0.39, 0.29) is 5.91 Å². The van der Waals surface area contributed by atoms with Gasteiger partial charge in [0, 0.05) is 10.6 Å². The first-order valence-corrected chi connectivity index (χ1v) is 9.30. The van der Waals surface area contributed by atoms with E-state index in [4.69, 9.17) is 22.1 Å². The van der Waals surface area contributed by atoms with Crippen LogP contribution in [0.15, 0.2) is 53.6 Å². The smallest absolute Gasteiger partial charge is 0.330 e. The molecule has 0 fully saturated rings. The molecule has 0 saturated heterocycles. The molecule has 0 bridgehead atoms. The van der Waals surface area contributed by atoms with Crippen LogP contribution in [0.25, 0.3) is 0 Å². The first kappa shape index (κ1) is 18.9. The Morgan fingerprint density at radius 2 is 2.15 bits per heavy atom. The van der Waals surface area contributed by atoms with Gasteiger partial charge in [-0.3, -0.25) is 10.5 Å². The lowest BCUT2D eigenvalue weighted by Crippen LogP contribution is -2.19. The normalized spacial score (nSPS) is 10.9. The van der Waals surface area contributed by atoms with Crippen molar-refractivity contribution >= 4 is 40.2 Å². The summed E-state index contributed by atoms with van der Waals surface area (Å²) in [7, 11) is 0. The van der Waals surface area contributed by atoms with Crippen LogP contribution in [0.4, 0.5) is 5.13 Å². The number of aromatic amines is 1. The van der Waals surface area contributed by atoms with E-state index in [2.05, 4.69) is 15.5 Å². The number of thiazole rings is 1. The standard InChI is InChI=1S/C19H17ClN4O2S/c1-12-17(27-19(21)23-12)18(25)24-22-10-14-6-2-3-8-16(14)26-11-13-5-4-7-15(20)9-13/h2-10H,11H2,1H3,(H2,21,23)(H,24,25)/p+1. The Hall–Kier alpha value is -2.90. The fourth-order valence-corrected chi connectivity index (χ4v) is 3.37. The number of amides is 1. The molecule has 1 amide bonds. The second-order valence-electron chi connectivity index (χ2n) is 5.70. The van der Waals surface area contributed by atoms with E-state index >= 15 is 0 Å². The Bertz CT molecular complexity index is 987. The second kappa shape index (κ2) is 8.66. The van der Waals surface area contributed by atoms with Crippen molar-refractivity contribution in [3.05, 3.63) is 75.3 Å². The van der Waals surface area contributed by atoms with Crippen LogP contribution in [0.5, 0.6) is 5.75 Å². The van der Waals surface area contributed by atoms with Gasteiger partial charge >= 0.3 is 5.13 Å². The van der Waals surface area contributed by atoms with Crippen LogP contribution >= 0.6 is 22.9 Å². The lowest BCUT2D eigenvalue weighted by Gasteiger charge is -2.09. The fraction of sp³-hybridized carbons (Fsp3) is 0.105. The van der Waals surface area contributed by atoms with Crippen LogP contribution in [0.3, 0.4) is 0 Å². The first-order valence-electron chi connectivity index (χ1n) is 8.11. The molecule has 2 aromatic carbocycles. The molecule has 1 heterocycles. The van der Waals surface area contributed by atoms with Gasteiger partial charge in [0.25, 0.3) is 5.91 Å². The van der Waals surface area contributed by atoms with Gasteiger partial charge in [0.1, 0.15) is 22.9 Å². The van der Waals surface area contributed by atoms with Gasteiger partial charge in [-0.15, -0.1) is 0 Å². The van der Waals surface area contributed by atoms with Crippen LogP contribution in [0, 0.1) is 6.92 Å². The van der Waals surface area contributed by atoms with E-state index in [9.17, 15) is 4.79 Å². The van der Waals surface area contributed by atoms with Crippen LogP contribution in [0.2, 0.25) is 5.02 Å². The molecule has 0 unspecified atom stereocenters. The number of nitrogens with zero attached hydrogens (tertiary/aromatic N) is 1. The van der Waals surface area contributed by atoms with Crippen molar-refractivity contribution < 1.29 is 14.5 Å². The third-order valence-corrected chi connectivity index (χ3v) is 4.89. The molecule has 0 radical (unpaired) electrons. The number of aromatic nitrogens is 1. The van der Waals surface area contributed by atoms with Crippen LogP contribution < -0.4 is 20.9 Å². The summed E-state index contributed by atoms with van der Waals surface area (Å²) >= 11 is 7.17. The quantitative estimate of drug-likeness (QED) is 0.489. The molecule has 27 heavy (non-hydrogen) atoms. The lowest BCUT2D eigenvalue weighted by atomic mass is 10.2. The van der Waals surface area contributed by atoms with Crippen LogP contribution in [-0.4, -0.2) is 12.1 Å². The number of halogens is 1. The molecule has 8 heteroatoms. The number of ether oxygens (including phenoxy) is 1. The minimum atomic E-state index is -0.320. The predicted octanol–water partition coefficient (Wildman–Crippen LogP) is 3.45. The van der Waals surface area contributed by atoms with E-state index in [1.165, 1.54) is 11.3 Å². The number of nitrogens with two attached hydrogens (primary N) is 1. The molecule has 0 spiro atoms. The Balaban J connectivity index is 1.65. The zero-order chi connectivity index (χ0) is 19.2. The number of carbonyl (C=O) groups is 1. The molecule has 0 aliphatic carbocycles. The maximum Gasteiger partial charge on any atom is 0.330 e. The molecule has 0 aliphatic heterocycles. The van der Waals surface area contributed by atoms with E-state index in [0.29, 0.717) is 33.1 Å². The molecule has 6 nitrogen and oxygen atoms in total. The Labute approximate surface area is 165 Å². The number of rotatable bonds is 6. The summed E-state index contributed by atoms with van der Waals surface area (Å²) in [4.78, 5) is 15.6. The molecular weight excluding hydrogens is 384 g/mol. The zero-order valence-electron chi connectivity index (χ0n) is 14.5. The minimum Gasteiger partial charge on any atom is -0.488 e. The number of hydrazone groups is 1. The van der Waals surface area contributed by atoms with Gasteiger partial charge in [0.2, 0.25) is 0 Å². The summed E-state index contributed by atoms with van der Waals surface area (Å²) in [5.41, 5.74) is 10.6. The molecule has 0 aliphatic rings. The molecule has 1 aromatic heterocycles. The summed E-state index contributed by atoms with van der Waals surface area (Å²) in [5.74, 6) is 0.333. The second-order valence-corrected chi connectivity index (χ2v) is 7.19. The van der Waals surface area contributed by atoms with E-state index in [0.717, 1.165) is 11.1 Å². The van der Waals surface area contributed by atoms with Gasteiger partial charge in [0.15, 0.2) is 0 Å². The summed E-state index contributed by atoms with van der Waals surface area (Å²) in [6, 6.07) is 14.9. The Morgan fingerprint density at radius 3 is 2.89 bits per heavy atom. The number of carbonyl (C=O) groups excluding carboxylic acids is 1. The molecule has 3 aromatic rings. The van der Waals surface area contributed by atoms with Crippen LogP contribution in [-0.2, 0) is 6.61 Å². The molecule has 0 saturated carbocycles. The number of nitrogens with one attached hydrogen (secondary N) is 2. The van der Waals surface area contributed by atoms with Crippen molar-refractivity contribution in [3.8, 4) is 5.75 Å². The summed E-state index contributed by atoms with van der Waals surface area (Å²) < 4.78 is 5.86. The SMILES string of the molecule is Cc1[nH+]c(N)sc1C(=O)NN=Cc1ccccc1OCc1cccc(Cl)c1. The molecule has 138 valence electrons. The van der Waals surface area contributed by atoms with E-state index in [1.54, 1.807) is 13.1 Å². The van der Waals surface area contributed by atoms with Gasteiger partial charge in [-0.2, -0.15) is 5.10 Å². The molecular formula is C19H18ClN4O2S+. The van der Waals surface area contributed by atoms with Gasteiger partial charge in [-0.05, 0) is 48.1 Å². The molecule has 3 rings (SSSR count). The summed E-state index contributed by atoms with van der Waals surface area (Å²) in [6.45, 7) is 2.16. The van der Waals surface area contributed by atoms with Crippen molar-refractivity contribution in [2.75, 3.05) is 5.73 Å². The average Bonchev–Trinajstić information content (AvgIpc) is 2.99. The first-order chi connectivity index (χ1) is 13.0. The number of para-hydroxylation sites is 1. The highest BCUT2D eigenvalue weighted by atomic mass is 35.5. The number of anilines is 1. The monoisotopic (exact) mass is 401 g/mol. The highest BCUT2D eigenvalue weighted by Crippen LogP contribution is 2.19. The number of hydrogen-bond acceptors (Lipinski definition) is 5. The van der Waals surface area contributed by atoms with Crippen molar-refractivity contribution in [1.82, 2.24) is 5.43 Å². The van der Waals surface area contributed by atoms with Gasteiger partial charge < -0.3 is 4.74 Å². The average molecular weight is 402 g/mol. The largest absolute Gasteiger partial charge is 0.488 e. The van der Waals surface area contributed by atoms with E-state index in [1.807, 2.05) is 48.5 Å². The molecule has 4 N–H and O–H groups in total. The van der Waals surface area contributed by atoms with Crippen molar-refractivity contribution in [3.63, 3.8) is 0 Å². The minimum absolute atomic E-state index is 0.320. The van der Waals surface area contributed by atoms with Crippen molar-refractivity contribution in [1.29, 1.82) is 0 Å². The third-order valence-electron chi connectivity index (χ3n) is 3.64. The van der Waals surface area contributed by atoms with Gasteiger partial charge in [-0.25, -0.2) is 10.4 Å². The maximum absolute atomic E-state index is 12.2. The van der Waals surface area contributed by atoms with Gasteiger partial charge in [0.05, 0.1) is 6.21 Å². The topological polar surface area (TPSA) is 90.8 Å². The Kier molecular flexibility index (Phi) is 6.05. The Morgan fingerprint density at radius 1 is 1.33 bits per heavy atom. The lowest BCUT2D eigenvalue weighted by molar-refractivity contribution is -0.363. The number of hydrogen-bond donors (Lipinski definition) is 2. The van der Waals surface area contributed by atoms with Crippen molar-refractivity contribution in [2.24, 2.45) is 5.10 Å². The van der Waals surface area contributed by atoms with Gasteiger partial charge in [-0.1, -0.05) is 35.9 Å². The number of aryl methyl sites for hydroxylation is 1. The number of benzene rings is 2. The summed E-state index contributed by atoms with van der Waals surface area (Å²) in [6.07, 6.45) is 1.54. The van der Waals surface area contributed by atoms with Crippen LogP contribution in [0.1, 0.15) is 26.5 Å².